The lowest BCUT2D eigenvalue weighted by atomic mass is 9.94. The van der Waals surface area contributed by atoms with Crippen LogP contribution in [0.2, 0.25) is 0 Å². The van der Waals surface area contributed by atoms with Gasteiger partial charge in [0, 0.05) is 13.1 Å². The first-order chi connectivity index (χ1) is 9.95. The summed E-state index contributed by atoms with van der Waals surface area (Å²) < 4.78 is 0. The summed E-state index contributed by atoms with van der Waals surface area (Å²) in [6.45, 7) is 1.73. The molecule has 1 heterocycles. The second-order valence-electron chi connectivity index (χ2n) is 6.89. The predicted molar refractivity (Wildman–Crippen MR) is 82.1 cm³/mol. The van der Waals surface area contributed by atoms with Crippen molar-refractivity contribution in [1.82, 2.24) is 9.80 Å². The first kappa shape index (κ1) is 14.5. The fraction of sp³-hybridized carbons (Fsp3) is 0.588. The second kappa shape index (κ2) is 5.11. The SMILES string of the molecule is CN(C)C[C@@]1(O)CCN(C(=O)C2(c3ccccc3)CC2)C1. The molecule has 3 rings (SSSR count). The van der Waals surface area contributed by atoms with E-state index in [1.54, 1.807) is 0 Å². The van der Waals surface area contributed by atoms with Crippen LogP contribution in [-0.4, -0.2) is 60.1 Å². The monoisotopic (exact) mass is 288 g/mol. The van der Waals surface area contributed by atoms with E-state index in [4.69, 9.17) is 0 Å². The van der Waals surface area contributed by atoms with Gasteiger partial charge in [0.25, 0.3) is 0 Å². The van der Waals surface area contributed by atoms with Crippen LogP contribution in [-0.2, 0) is 10.2 Å². The molecule has 2 fully saturated rings. The van der Waals surface area contributed by atoms with Crippen LogP contribution in [0.1, 0.15) is 24.8 Å². The van der Waals surface area contributed by atoms with E-state index in [9.17, 15) is 9.90 Å². The maximum atomic E-state index is 12.9. The fourth-order valence-electron chi connectivity index (χ4n) is 3.56. The summed E-state index contributed by atoms with van der Waals surface area (Å²) in [5, 5.41) is 10.6. The number of amides is 1. The Morgan fingerprint density at radius 1 is 1.24 bits per heavy atom. The van der Waals surface area contributed by atoms with E-state index >= 15 is 0 Å². The van der Waals surface area contributed by atoms with Crippen molar-refractivity contribution in [3.8, 4) is 0 Å². The normalized spacial score (nSPS) is 27.1. The standard InChI is InChI=1S/C17H24N2O2/c1-18(2)12-16(21)10-11-19(13-16)15(20)17(8-9-17)14-6-4-3-5-7-14/h3-7,21H,8-13H2,1-2H3/t16-/m0/s1. The van der Waals surface area contributed by atoms with Crippen LogP contribution in [0.5, 0.6) is 0 Å². The molecule has 2 aliphatic rings. The summed E-state index contributed by atoms with van der Waals surface area (Å²) in [4.78, 5) is 16.8. The van der Waals surface area contributed by atoms with Gasteiger partial charge in [-0.1, -0.05) is 30.3 Å². The molecule has 0 aromatic heterocycles. The average Bonchev–Trinajstić information content (AvgIpc) is 3.17. The molecular formula is C17H24N2O2. The molecule has 0 unspecified atom stereocenters. The van der Waals surface area contributed by atoms with Crippen LogP contribution in [0.4, 0.5) is 0 Å². The minimum atomic E-state index is -0.758. The number of nitrogens with zero attached hydrogens (tertiary/aromatic N) is 2. The summed E-state index contributed by atoms with van der Waals surface area (Å²) in [7, 11) is 3.91. The maximum absolute atomic E-state index is 12.9. The molecule has 114 valence electrons. The lowest BCUT2D eigenvalue weighted by Crippen LogP contribution is -2.45. The Balaban J connectivity index is 1.73. The van der Waals surface area contributed by atoms with Crippen LogP contribution < -0.4 is 0 Å². The topological polar surface area (TPSA) is 43.8 Å². The molecule has 1 aromatic rings. The predicted octanol–water partition coefficient (Wildman–Crippen LogP) is 1.24. The highest BCUT2D eigenvalue weighted by molar-refractivity contribution is 5.91. The van der Waals surface area contributed by atoms with E-state index < -0.39 is 5.60 Å². The van der Waals surface area contributed by atoms with Crippen molar-refractivity contribution < 1.29 is 9.90 Å². The van der Waals surface area contributed by atoms with Crippen molar-refractivity contribution in [2.75, 3.05) is 33.7 Å². The van der Waals surface area contributed by atoms with Gasteiger partial charge in [0.1, 0.15) is 0 Å². The highest BCUT2D eigenvalue weighted by Crippen LogP contribution is 2.50. The molecule has 1 saturated heterocycles. The first-order valence-electron chi connectivity index (χ1n) is 7.67. The molecule has 1 saturated carbocycles. The molecule has 4 nitrogen and oxygen atoms in total. The van der Waals surface area contributed by atoms with Crippen LogP contribution in [0.15, 0.2) is 30.3 Å². The molecule has 1 N–H and O–H groups in total. The minimum absolute atomic E-state index is 0.198. The van der Waals surface area contributed by atoms with E-state index in [-0.39, 0.29) is 11.3 Å². The Kier molecular flexibility index (Phi) is 3.54. The summed E-state index contributed by atoms with van der Waals surface area (Å²) in [5.74, 6) is 0.198. The number of benzene rings is 1. The zero-order chi connectivity index (χ0) is 15.1. The average molecular weight is 288 g/mol. The largest absolute Gasteiger partial charge is 0.387 e. The molecule has 1 aromatic carbocycles. The second-order valence-corrected chi connectivity index (χ2v) is 6.89. The third-order valence-electron chi connectivity index (χ3n) is 4.72. The summed E-state index contributed by atoms with van der Waals surface area (Å²) in [6, 6.07) is 10.1. The Hall–Kier alpha value is -1.39. The summed E-state index contributed by atoms with van der Waals surface area (Å²) in [6.07, 6.45) is 2.53. The Labute approximate surface area is 126 Å². The van der Waals surface area contributed by atoms with Gasteiger partial charge >= 0.3 is 0 Å². The number of likely N-dealkylation sites (tertiary alicyclic amines) is 1. The van der Waals surface area contributed by atoms with Crippen molar-refractivity contribution in [3.05, 3.63) is 35.9 Å². The molecule has 0 bridgehead atoms. The van der Waals surface area contributed by atoms with Crippen molar-refractivity contribution in [3.63, 3.8) is 0 Å². The number of rotatable bonds is 4. The minimum Gasteiger partial charge on any atom is -0.387 e. The molecular weight excluding hydrogens is 264 g/mol. The highest BCUT2D eigenvalue weighted by Gasteiger charge is 2.54. The number of hydrogen-bond donors (Lipinski definition) is 1. The van der Waals surface area contributed by atoms with Gasteiger partial charge in [-0.3, -0.25) is 4.79 Å². The lowest BCUT2D eigenvalue weighted by molar-refractivity contribution is -0.134. The van der Waals surface area contributed by atoms with Crippen LogP contribution in [0, 0.1) is 0 Å². The number of carbonyl (C=O) groups is 1. The van der Waals surface area contributed by atoms with Crippen molar-refractivity contribution in [2.24, 2.45) is 0 Å². The molecule has 21 heavy (non-hydrogen) atoms. The number of aliphatic hydroxyl groups is 1. The van der Waals surface area contributed by atoms with Gasteiger partial charge in [-0.25, -0.2) is 0 Å². The van der Waals surface area contributed by atoms with E-state index in [0.29, 0.717) is 26.1 Å². The van der Waals surface area contributed by atoms with Gasteiger partial charge < -0.3 is 14.9 Å². The van der Waals surface area contributed by atoms with E-state index in [0.717, 1.165) is 18.4 Å². The summed E-state index contributed by atoms with van der Waals surface area (Å²) >= 11 is 0. The first-order valence-corrected chi connectivity index (χ1v) is 7.67. The van der Waals surface area contributed by atoms with Crippen LogP contribution >= 0.6 is 0 Å². The van der Waals surface area contributed by atoms with E-state index in [1.165, 1.54) is 0 Å². The Morgan fingerprint density at radius 2 is 1.90 bits per heavy atom. The van der Waals surface area contributed by atoms with Crippen LogP contribution in [0.3, 0.4) is 0 Å². The van der Waals surface area contributed by atoms with Crippen molar-refractivity contribution >= 4 is 5.91 Å². The van der Waals surface area contributed by atoms with E-state index in [1.807, 2.05) is 54.2 Å². The van der Waals surface area contributed by atoms with Gasteiger partial charge in [0.05, 0.1) is 17.6 Å². The van der Waals surface area contributed by atoms with Gasteiger partial charge in [-0.2, -0.15) is 0 Å². The number of β-amino-alcohol motifs (C(OH)–C–C–N with tert-alkyl or cyclic N) is 1. The van der Waals surface area contributed by atoms with Crippen LogP contribution in [0.25, 0.3) is 0 Å². The summed E-state index contributed by atoms with van der Waals surface area (Å²) in [5.41, 5.74) is 0.0503. The maximum Gasteiger partial charge on any atom is 0.233 e. The molecule has 1 atom stereocenters. The van der Waals surface area contributed by atoms with Gasteiger partial charge in [-0.15, -0.1) is 0 Å². The molecule has 0 spiro atoms. The molecule has 1 amide bonds. The number of likely N-dealkylation sites (N-methyl/N-ethyl adjacent to an activating group) is 1. The van der Waals surface area contributed by atoms with Gasteiger partial charge in [0.15, 0.2) is 0 Å². The fourth-order valence-corrected chi connectivity index (χ4v) is 3.56. The number of carbonyl (C=O) groups excluding carboxylic acids is 1. The molecule has 1 aliphatic carbocycles. The zero-order valence-electron chi connectivity index (χ0n) is 12.9. The zero-order valence-corrected chi connectivity index (χ0v) is 12.9. The van der Waals surface area contributed by atoms with Crippen molar-refractivity contribution in [1.29, 1.82) is 0 Å². The number of hydrogen-bond acceptors (Lipinski definition) is 3. The Morgan fingerprint density at radius 3 is 2.48 bits per heavy atom. The van der Waals surface area contributed by atoms with Gasteiger partial charge in [-0.05, 0) is 38.9 Å². The highest BCUT2D eigenvalue weighted by atomic mass is 16.3. The van der Waals surface area contributed by atoms with E-state index in [2.05, 4.69) is 0 Å². The molecule has 0 radical (unpaired) electrons. The molecule has 1 aliphatic heterocycles. The van der Waals surface area contributed by atoms with Gasteiger partial charge in [0.2, 0.25) is 5.91 Å². The third-order valence-corrected chi connectivity index (χ3v) is 4.72. The molecule has 4 heteroatoms. The Bertz CT molecular complexity index is 525. The smallest absolute Gasteiger partial charge is 0.233 e. The lowest BCUT2D eigenvalue weighted by Gasteiger charge is -2.28. The third kappa shape index (κ3) is 2.70. The quantitative estimate of drug-likeness (QED) is 0.906. The van der Waals surface area contributed by atoms with Crippen molar-refractivity contribution in [2.45, 2.75) is 30.3 Å².